The van der Waals surface area contributed by atoms with Crippen LogP contribution in [0.5, 0.6) is 5.75 Å². The Morgan fingerprint density at radius 3 is 2.36 bits per heavy atom. The zero-order valence-electron chi connectivity index (χ0n) is 26.5. The summed E-state index contributed by atoms with van der Waals surface area (Å²) >= 11 is 6.29. The molecule has 0 bridgehead atoms. The summed E-state index contributed by atoms with van der Waals surface area (Å²) in [5, 5.41) is 13.4. The molecule has 1 spiro atoms. The van der Waals surface area contributed by atoms with Crippen molar-refractivity contribution in [2.75, 3.05) is 57.3 Å². The Hall–Kier alpha value is -3.22. The van der Waals surface area contributed by atoms with E-state index in [0.29, 0.717) is 22.6 Å². The topological polar surface area (TPSA) is 80.6 Å². The van der Waals surface area contributed by atoms with Gasteiger partial charge in [-0.3, -0.25) is 9.80 Å². The van der Waals surface area contributed by atoms with Crippen molar-refractivity contribution in [2.24, 2.45) is 5.41 Å². The Morgan fingerprint density at radius 1 is 0.956 bits per heavy atom. The van der Waals surface area contributed by atoms with Crippen molar-refractivity contribution < 1.29 is 4.74 Å². The lowest BCUT2D eigenvalue weighted by Gasteiger charge is -2.57. The molecule has 4 saturated heterocycles. The minimum absolute atomic E-state index is 0.313. The van der Waals surface area contributed by atoms with Crippen molar-refractivity contribution in [1.82, 2.24) is 25.1 Å². The van der Waals surface area contributed by atoms with E-state index >= 15 is 0 Å². The van der Waals surface area contributed by atoms with Crippen LogP contribution >= 0.6 is 11.6 Å². The van der Waals surface area contributed by atoms with Crippen LogP contribution < -0.4 is 15.0 Å². The van der Waals surface area contributed by atoms with Gasteiger partial charge in [0, 0.05) is 81.1 Å². The van der Waals surface area contributed by atoms with Gasteiger partial charge in [-0.15, -0.1) is 0 Å². The highest BCUT2D eigenvalue weighted by Gasteiger charge is 2.47. The molecule has 9 heteroatoms. The maximum atomic E-state index is 9.37. The number of nitrogens with zero attached hydrogens (tertiary/aromatic N) is 6. The molecule has 0 saturated carbocycles. The molecule has 1 N–H and O–H groups in total. The second-order valence-electron chi connectivity index (χ2n) is 14.1. The highest BCUT2D eigenvalue weighted by molar-refractivity contribution is 6.30. The molecule has 236 valence electrons. The minimum atomic E-state index is -0.313. The van der Waals surface area contributed by atoms with Gasteiger partial charge < -0.3 is 15.0 Å². The Morgan fingerprint density at radius 2 is 1.69 bits per heavy atom. The summed E-state index contributed by atoms with van der Waals surface area (Å²) in [6, 6.07) is 19.4. The largest absolute Gasteiger partial charge is 0.487 e. The Kier molecular flexibility index (Phi) is 8.47. The number of hydrogen-bond donors (Lipinski definition) is 1. The maximum Gasteiger partial charge on any atom is 0.225 e. The van der Waals surface area contributed by atoms with Crippen LogP contribution in [-0.4, -0.2) is 84.2 Å². The third-order valence-electron chi connectivity index (χ3n) is 10.9. The van der Waals surface area contributed by atoms with E-state index in [1.54, 1.807) is 6.07 Å². The molecule has 0 unspecified atom stereocenters. The van der Waals surface area contributed by atoms with E-state index in [1.165, 1.54) is 65.0 Å². The molecule has 4 aliphatic heterocycles. The third-order valence-corrected chi connectivity index (χ3v) is 11.1. The molecule has 3 aromatic rings. The first-order chi connectivity index (χ1) is 21.8. The molecule has 0 radical (unpaired) electrons. The molecular weight excluding hydrogens is 582 g/mol. The van der Waals surface area contributed by atoms with E-state index < -0.39 is 0 Å². The fraction of sp³-hybridized carbons (Fsp3) is 0.528. The normalized spacial score (nSPS) is 21.2. The summed E-state index contributed by atoms with van der Waals surface area (Å²) in [6.45, 7) is 14.1. The second-order valence-corrected chi connectivity index (χ2v) is 14.5. The maximum absolute atomic E-state index is 9.37. The summed E-state index contributed by atoms with van der Waals surface area (Å²) in [5.41, 5.74) is 3.74. The predicted molar refractivity (Wildman–Crippen MR) is 178 cm³/mol. The average Bonchev–Trinajstić information content (AvgIpc) is 3.02. The van der Waals surface area contributed by atoms with Crippen molar-refractivity contribution in [3.63, 3.8) is 0 Å². The molecule has 2 aromatic carbocycles. The van der Waals surface area contributed by atoms with Crippen LogP contribution in [0.2, 0.25) is 5.02 Å². The van der Waals surface area contributed by atoms with Gasteiger partial charge in [0.15, 0.2) is 0 Å². The van der Waals surface area contributed by atoms with Crippen LogP contribution in [0.1, 0.15) is 61.9 Å². The molecule has 0 atom stereocenters. The number of hydrogen-bond acceptors (Lipinski definition) is 8. The molecular formula is C36H44ClN7O. The van der Waals surface area contributed by atoms with Crippen molar-refractivity contribution in [2.45, 2.75) is 63.6 Å². The number of piperidine rings is 2. The number of anilines is 1. The molecule has 7 rings (SSSR count). The summed E-state index contributed by atoms with van der Waals surface area (Å²) in [6.07, 6.45) is 6.95. The van der Waals surface area contributed by atoms with Gasteiger partial charge in [0.05, 0.1) is 17.3 Å². The second kappa shape index (κ2) is 12.5. The van der Waals surface area contributed by atoms with Gasteiger partial charge in [0.25, 0.3) is 0 Å². The first kappa shape index (κ1) is 30.4. The number of nitriles is 1. The Labute approximate surface area is 272 Å². The van der Waals surface area contributed by atoms with Crippen molar-refractivity contribution >= 4 is 17.5 Å². The number of ether oxygens (including phenoxy) is 1. The van der Waals surface area contributed by atoms with Crippen LogP contribution in [0.4, 0.5) is 5.95 Å². The van der Waals surface area contributed by atoms with Crippen molar-refractivity contribution in [3.8, 4) is 11.8 Å². The lowest BCUT2D eigenvalue weighted by molar-refractivity contribution is -0.0652. The van der Waals surface area contributed by atoms with Crippen LogP contribution in [0.25, 0.3) is 0 Å². The molecule has 8 nitrogen and oxygen atoms in total. The quantitative estimate of drug-likeness (QED) is 0.364. The van der Waals surface area contributed by atoms with Gasteiger partial charge in [-0.2, -0.15) is 5.26 Å². The van der Waals surface area contributed by atoms with Gasteiger partial charge >= 0.3 is 0 Å². The van der Waals surface area contributed by atoms with E-state index in [0.717, 1.165) is 53.7 Å². The molecule has 45 heavy (non-hydrogen) atoms. The van der Waals surface area contributed by atoms with Gasteiger partial charge in [-0.25, -0.2) is 9.97 Å². The number of halogens is 1. The Balaban J connectivity index is 0.893. The van der Waals surface area contributed by atoms with Crippen molar-refractivity contribution in [3.05, 3.63) is 82.1 Å². The fourth-order valence-corrected chi connectivity index (χ4v) is 7.88. The zero-order chi connectivity index (χ0) is 31.0. The van der Waals surface area contributed by atoms with Crippen molar-refractivity contribution in [1.29, 1.82) is 5.26 Å². The number of rotatable bonds is 8. The van der Waals surface area contributed by atoms with Crippen LogP contribution in [0, 0.1) is 16.7 Å². The number of aromatic nitrogens is 2. The summed E-state index contributed by atoms with van der Waals surface area (Å²) < 4.78 is 6.14. The van der Waals surface area contributed by atoms with E-state index in [4.69, 9.17) is 21.3 Å². The minimum Gasteiger partial charge on any atom is -0.487 e. The number of nitrogens with one attached hydrogen (secondary N) is 1. The molecule has 4 aliphatic rings. The van der Waals surface area contributed by atoms with Crippen LogP contribution in [0.15, 0.2) is 54.7 Å². The number of benzene rings is 2. The third kappa shape index (κ3) is 6.41. The lowest BCUT2D eigenvalue weighted by atomic mass is 9.71. The lowest BCUT2D eigenvalue weighted by Crippen LogP contribution is -2.65. The summed E-state index contributed by atoms with van der Waals surface area (Å²) in [4.78, 5) is 17.3. The first-order valence-corrected chi connectivity index (χ1v) is 16.9. The van der Waals surface area contributed by atoms with Gasteiger partial charge in [-0.1, -0.05) is 37.6 Å². The van der Waals surface area contributed by atoms with E-state index in [1.807, 2.05) is 36.5 Å². The highest BCUT2D eigenvalue weighted by Crippen LogP contribution is 2.43. The fourth-order valence-electron chi connectivity index (χ4n) is 7.64. The van der Waals surface area contributed by atoms with Crippen LogP contribution in [-0.2, 0) is 12.0 Å². The molecule has 0 amide bonds. The molecule has 0 aliphatic carbocycles. The van der Waals surface area contributed by atoms with E-state index in [9.17, 15) is 5.26 Å². The monoisotopic (exact) mass is 625 g/mol. The first-order valence-electron chi connectivity index (χ1n) is 16.5. The standard InChI is InChI=1S/C36H44ClN7O/c1-35(2,28-17-26(20-38)18-29(37)19-28)27-3-5-33(6-4-27)45-23-30-7-12-40-34(41-30)43-15-10-36(11-16-43)24-44(25-36)31-8-13-42(14-9-31)32-21-39-22-32/h3-7,12,17-19,31-32,39H,8-11,13-16,21-25H2,1-2H3. The van der Waals surface area contributed by atoms with E-state index in [-0.39, 0.29) is 5.41 Å². The van der Waals surface area contributed by atoms with E-state index in [2.05, 4.69) is 57.0 Å². The summed E-state index contributed by atoms with van der Waals surface area (Å²) in [7, 11) is 0. The Bertz CT molecular complexity index is 1530. The number of likely N-dealkylation sites (tertiary alicyclic amines) is 2. The SMILES string of the molecule is CC(C)(c1ccc(OCc2ccnc(N3CCC4(CC3)CN(C3CCN(C5CNC5)CC3)C4)n2)cc1)c1cc(Cl)cc(C#N)c1. The van der Waals surface area contributed by atoms with Gasteiger partial charge in [0.2, 0.25) is 5.95 Å². The van der Waals surface area contributed by atoms with Gasteiger partial charge in [-0.05, 0) is 78.6 Å². The molecule has 5 heterocycles. The van der Waals surface area contributed by atoms with Crippen LogP contribution in [0.3, 0.4) is 0 Å². The highest BCUT2D eigenvalue weighted by atomic mass is 35.5. The average molecular weight is 626 g/mol. The molecule has 1 aromatic heterocycles. The smallest absolute Gasteiger partial charge is 0.225 e. The zero-order valence-corrected chi connectivity index (χ0v) is 27.3. The summed E-state index contributed by atoms with van der Waals surface area (Å²) in [5.74, 6) is 1.61. The molecule has 4 fully saturated rings. The predicted octanol–water partition coefficient (Wildman–Crippen LogP) is 5.24. The van der Waals surface area contributed by atoms with Gasteiger partial charge in [0.1, 0.15) is 12.4 Å².